The fraction of sp³-hybridized carbons (Fsp3) is 0.481. The molecular weight excluding hydrogens is 480 g/mol. The number of amides is 3. The van der Waals surface area contributed by atoms with E-state index < -0.39 is 17.7 Å². The Bertz CT molecular complexity index is 1110. The quantitative estimate of drug-likeness (QED) is 0.598. The van der Waals surface area contributed by atoms with E-state index in [2.05, 4.69) is 15.6 Å². The molecule has 0 radical (unpaired) electrons. The highest BCUT2D eigenvalue weighted by molar-refractivity contribution is 6.31. The number of carbonyl (C=O) groups excluding carboxylic acids is 3. The fourth-order valence-corrected chi connectivity index (χ4v) is 5.00. The summed E-state index contributed by atoms with van der Waals surface area (Å²) < 4.78 is 5.38. The molecule has 2 heterocycles. The molecule has 0 saturated heterocycles. The van der Waals surface area contributed by atoms with Crippen molar-refractivity contribution in [3.05, 3.63) is 58.9 Å². The molecule has 1 aliphatic heterocycles. The Balaban J connectivity index is 1.49. The van der Waals surface area contributed by atoms with Crippen molar-refractivity contribution in [1.82, 2.24) is 15.2 Å². The normalized spacial score (nSPS) is 22.3. The lowest BCUT2D eigenvalue weighted by molar-refractivity contribution is -0.120. The Labute approximate surface area is 216 Å². The average Bonchev–Trinajstić information content (AvgIpc) is 2.89. The van der Waals surface area contributed by atoms with Crippen LogP contribution in [0.2, 0.25) is 5.02 Å². The molecule has 3 amide bonds. The fourth-order valence-electron chi connectivity index (χ4n) is 4.83. The van der Waals surface area contributed by atoms with Crippen LogP contribution in [0, 0.1) is 5.92 Å². The van der Waals surface area contributed by atoms with Crippen molar-refractivity contribution in [3.63, 3.8) is 0 Å². The number of nitrogens with zero attached hydrogens (tertiary/aromatic N) is 2. The Morgan fingerprint density at radius 3 is 2.58 bits per heavy atom. The minimum Gasteiger partial charge on any atom is -0.444 e. The number of anilines is 1. The van der Waals surface area contributed by atoms with Gasteiger partial charge in [-0.1, -0.05) is 17.7 Å². The van der Waals surface area contributed by atoms with Crippen LogP contribution in [0.15, 0.2) is 42.6 Å². The summed E-state index contributed by atoms with van der Waals surface area (Å²) in [5.41, 5.74) is 1.05. The van der Waals surface area contributed by atoms with E-state index >= 15 is 0 Å². The van der Waals surface area contributed by atoms with Crippen molar-refractivity contribution in [2.24, 2.45) is 5.92 Å². The molecule has 0 unspecified atom stereocenters. The van der Waals surface area contributed by atoms with E-state index in [9.17, 15) is 14.4 Å². The van der Waals surface area contributed by atoms with E-state index in [0.29, 0.717) is 29.2 Å². The zero-order chi connectivity index (χ0) is 25.9. The van der Waals surface area contributed by atoms with Gasteiger partial charge in [-0.25, -0.2) is 4.79 Å². The van der Waals surface area contributed by atoms with Gasteiger partial charge in [0.05, 0.1) is 11.3 Å². The summed E-state index contributed by atoms with van der Waals surface area (Å²) in [5, 5.41) is 6.31. The maximum atomic E-state index is 13.7. The highest BCUT2D eigenvalue weighted by atomic mass is 35.5. The zero-order valence-corrected chi connectivity index (χ0v) is 21.7. The number of hydrogen-bond donors (Lipinski definition) is 2. The van der Waals surface area contributed by atoms with Crippen LogP contribution in [0.3, 0.4) is 0 Å². The lowest BCUT2D eigenvalue weighted by Gasteiger charge is -2.35. The molecule has 192 valence electrons. The van der Waals surface area contributed by atoms with Crippen molar-refractivity contribution < 1.29 is 19.1 Å². The predicted octanol–water partition coefficient (Wildman–Crippen LogP) is 4.82. The SMILES string of the molecule is CC(C)(C)OC(=O)NC1CCC(CN2C(=O)c3ccc(Cl)cc3NC(=O)[C@H]2Cc2ccccn2)CC1. The highest BCUT2D eigenvalue weighted by Gasteiger charge is 2.37. The number of hydrogen-bond acceptors (Lipinski definition) is 5. The molecule has 1 aliphatic carbocycles. The number of halogens is 1. The largest absolute Gasteiger partial charge is 0.444 e. The molecule has 36 heavy (non-hydrogen) atoms. The first-order valence-electron chi connectivity index (χ1n) is 12.4. The highest BCUT2D eigenvalue weighted by Crippen LogP contribution is 2.31. The summed E-state index contributed by atoms with van der Waals surface area (Å²) in [6.07, 6.45) is 4.82. The van der Waals surface area contributed by atoms with Gasteiger partial charge in [-0.05, 0) is 82.7 Å². The van der Waals surface area contributed by atoms with Crippen molar-refractivity contribution in [2.45, 2.75) is 70.6 Å². The van der Waals surface area contributed by atoms with Crippen molar-refractivity contribution in [2.75, 3.05) is 11.9 Å². The molecule has 1 saturated carbocycles. The molecule has 4 rings (SSSR count). The van der Waals surface area contributed by atoms with Crippen molar-refractivity contribution in [1.29, 1.82) is 0 Å². The van der Waals surface area contributed by atoms with Gasteiger partial charge in [0.2, 0.25) is 5.91 Å². The van der Waals surface area contributed by atoms with Gasteiger partial charge < -0.3 is 20.3 Å². The van der Waals surface area contributed by atoms with Crippen molar-refractivity contribution >= 4 is 35.2 Å². The van der Waals surface area contributed by atoms with Crippen LogP contribution in [-0.2, 0) is 16.0 Å². The first-order chi connectivity index (χ1) is 17.1. The summed E-state index contributed by atoms with van der Waals surface area (Å²) >= 11 is 6.14. The molecule has 8 nitrogen and oxygen atoms in total. The first kappa shape index (κ1) is 25.9. The number of carbonyl (C=O) groups is 3. The van der Waals surface area contributed by atoms with E-state index in [4.69, 9.17) is 16.3 Å². The molecule has 2 aliphatic rings. The minimum absolute atomic E-state index is 0.0337. The second-order valence-corrected chi connectivity index (χ2v) is 11.0. The van der Waals surface area contributed by atoms with E-state index in [1.807, 2.05) is 39.0 Å². The van der Waals surface area contributed by atoms with Gasteiger partial charge in [0.25, 0.3) is 5.91 Å². The summed E-state index contributed by atoms with van der Waals surface area (Å²) in [6.45, 7) is 5.97. The van der Waals surface area contributed by atoms with E-state index in [0.717, 1.165) is 31.4 Å². The van der Waals surface area contributed by atoms with E-state index in [1.54, 1.807) is 29.3 Å². The Hall–Kier alpha value is -3.13. The van der Waals surface area contributed by atoms with Gasteiger partial charge in [-0.3, -0.25) is 14.6 Å². The second kappa shape index (κ2) is 10.9. The number of pyridine rings is 1. The number of alkyl carbamates (subject to hydrolysis) is 1. The summed E-state index contributed by atoms with van der Waals surface area (Å²) in [7, 11) is 0. The van der Waals surface area contributed by atoms with Crippen LogP contribution in [0.1, 0.15) is 62.5 Å². The summed E-state index contributed by atoms with van der Waals surface area (Å²) in [6, 6.07) is 9.83. The molecule has 2 aromatic rings. The van der Waals surface area contributed by atoms with Gasteiger partial charge in [-0.15, -0.1) is 0 Å². The third-order valence-electron chi connectivity index (χ3n) is 6.56. The van der Waals surface area contributed by atoms with Crippen LogP contribution >= 0.6 is 11.6 Å². The molecule has 0 bridgehead atoms. The molecule has 1 fully saturated rings. The maximum Gasteiger partial charge on any atom is 0.407 e. The lowest BCUT2D eigenvalue weighted by Crippen LogP contribution is -2.49. The molecule has 9 heteroatoms. The minimum atomic E-state index is -0.698. The molecular formula is C27H33ClN4O4. The van der Waals surface area contributed by atoms with Crippen LogP contribution in [0.25, 0.3) is 0 Å². The van der Waals surface area contributed by atoms with Gasteiger partial charge in [0.1, 0.15) is 11.6 Å². The third-order valence-corrected chi connectivity index (χ3v) is 6.80. The number of benzene rings is 1. The van der Waals surface area contributed by atoms with Crippen LogP contribution in [-0.4, -0.2) is 52.0 Å². The smallest absolute Gasteiger partial charge is 0.407 e. The molecule has 1 aromatic heterocycles. The number of fused-ring (bicyclic) bond motifs is 1. The Morgan fingerprint density at radius 2 is 1.92 bits per heavy atom. The van der Waals surface area contributed by atoms with Gasteiger partial charge in [0.15, 0.2) is 0 Å². The Kier molecular flexibility index (Phi) is 7.83. The molecule has 1 atom stereocenters. The lowest BCUT2D eigenvalue weighted by atomic mass is 9.85. The van der Waals surface area contributed by atoms with Crippen LogP contribution in [0.4, 0.5) is 10.5 Å². The number of aromatic nitrogens is 1. The molecule has 0 spiro atoms. The van der Waals surface area contributed by atoms with E-state index in [-0.39, 0.29) is 23.8 Å². The van der Waals surface area contributed by atoms with Gasteiger partial charge in [-0.2, -0.15) is 0 Å². The average molecular weight is 513 g/mol. The third kappa shape index (κ3) is 6.55. The first-order valence-corrected chi connectivity index (χ1v) is 12.8. The number of ether oxygens (including phenoxy) is 1. The van der Waals surface area contributed by atoms with Crippen molar-refractivity contribution in [3.8, 4) is 0 Å². The Morgan fingerprint density at radius 1 is 1.17 bits per heavy atom. The van der Waals surface area contributed by atoms with Gasteiger partial charge >= 0.3 is 6.09 Å². The standard InChI is InChI=1S/C27H33ClN4O4/c1-27(2,3)36-26(35)30-19-10-7-17(8-11-19)16-32-23(15-20-6-4-5-13-29-20)24(33)31-22-14-18(28)9-12-21(22)25(32)34/h4-6,9,12-14,17,19,23H,7-8,10-11,15-16H2,1-3H3,(H,30,35)(H,31,33)/t17?,19?,23-/m1/s1. The molecule has 1 aromatic carbocycles. The monoisotopic (exact) mass is 512 g/mol. The summed E-state index contributed by atoms with van der Waals surface area (Å²) in [4.78, 5) is 45.3. The van der Waals surface area contributed by atoms with Gasteiger partial charge in [0, 0.05) is 35.9 Å². The predicted molar refractivity (Wildman–Crippen MR) is 138 cm³/mol. The maximum absolute atomic E-state index is 13.7. The second-order valence-electron chi connectivity index (χ2n) is 10.5. The topological polar surface area (TPSA) is 101 Å². The summed E-state index contributed by atoms with van der Waals surface area (Å²) in [5.74, 6) is -0.247. The number of nitrogens with one attached hydrogen (secondary N) is 2. The zero-order valence-electron chi connectivity index (χ0n) is 20.9. The van der Waals surface area contributed by atoms with Crippen LogP contribution in [0.5, 0.6) is 0 Å². The van der Waals surface area contributed by atoms with E-state index in [1.165, 1.54) is 0 Å². The molecule has 2 N–H and O–H groups in total. The van der Waals surface area contributed by atoms with Crippen LogP contribution < -0.4 is 10.6 Å². The number of rotatable bonds is 5.